The van der Waals surface area contributed by atoms with Crippen molar-refractivity contribution in [2.75, 3.05) is 13.7 Å². The summed E-state index contributed by atoms with van der Waals surface area (Å²) in [5.74, 6) is 5.56. The normalized spacial score (nSPS) is 13.1. The largest absolute Gasteiger partial charge is 0.385 e. The Morgan fingerprint density at radius 3 is 2.73 bits per heavy atom. The van der Waals surface area contributed by atoms with Crippen LogP contribution in [0.4, 0.5) is 0 Å². The lowest BCUT2D eigenvalue weighted by atomic mass is 10.1. The summed E-state index contributed by atoms with van der Waals surface area (Å²) in [4.78, 5) is 2.69. The Balaban J connectivity index is 2.57. The van der Waals surface area contributed by atoms with Crippen molar-refractivity contribution in [3.8, 4) is 0 Å². The molecule has 15 heavy (non-hydrogen) atoms. The first kappa shape index (κ1) is 12.6. The first-order valence-electron chi connectivity index (χ1n) is 5.21. The summed E-state index contributed by atoms with van der Waals surface area (Å²) in [6, 6.07) is 2.48. The number of thiophene rings is 1. The monoisotopic (exact) mass is 228 g/mol. The molecule has 0 amide bonds. The number of aryl methyl sites for hydroxylation is 2. The molecular weight excluding hydrogens is 208 g/mol. The van der Waals surface area contributed by atoms with E-state index in [1.165, 1.54) is 15.3 Å². The van der Waals surface area contributed by atoms with Crippen LogP contribution in [0.1, 0.15) is 34.2 Å². The maximum atomic E-state index is 5.56. The Morgan fingerprint density at radius 1 is 1.53 bits per heavy atom. The van der Waals surface area contributed by atoms with Gasteiger partial charge in [0.05, 0.1) is 6.04 Å². The van der Waals surface area contributed by atoms with E-state index in [1.807, 2.05) is 11.3 Å². The predicted molar refractivity (Wildman–Crippen MR) is 65.0 cm³/mol. The SMILES string of the molecule is COCCCC(NN)c1cc(C)c(C)s1. The molecule has 0 bridgehead atoms. The summed E-state index contributed by atoms with van der Waals surface area (Å²) in [7, 11) is 1.73. The molecule has 1 rings (SSSR count). The van der Waals surface area contributed by atoms with E-state index in [0.29, 0.717) is 0 Å². The average Bonchev–Trinajstić information content (AvgIpc) is 2.54. The van der Waals surface area contributed by atoms with E-state index in [1.54, 1.807) is 7.11 Å². The number of hydrogen-bond donors (Lipinski definition) is 2. The number of hydrazine groups is 1. The van der Waals surface area contributed by atoms with E-state index < -0.39 is 0 Å². The molecule has 0 fully saturated rings. The van der Waals surface area contributed by atoms with Gasteiger partial charge in [0.1, 0.15) is 0 Å². The molecule has 3 nitrogen and oxygen atoms in total. The van der Waals surface area contributed by atoms with E-state index in [2.05, 4.69) is 25.3 Å². The van der Waals surface area contributed by atoms with E-state index in [-0.39, 0.29) is 6.04 Å². The van der Waals surface area contributed by atoms with Crippen molar-refractivity contribution in [2.45, 2.75) is 32.7 Å². The highest BCUT2D eigenvalue weighted by Crippen LogP contribution is 2.28. The zero-order valence-electron chi connectivity index (χ0n) is 9.67. The molecular formula is C11H20N2OS. The standard InChI is InChI=1S/C11H20N2OS/c1-8-7-11(15-9(8)2)10(13-12)5-4-6-14-3/h7,10,13H,4-6,12H2,1-3H3. The van der Waals surface area contributed by atoms with Crippen LogP contribution in [0.25, 0.3) is 0 Å². The van der Waals surface area contributed by atoms with Gasteiger partial charge in [0, 0.05) is 23.5 Å². The van der Waals surface area contributed by atoms with Crippen LogP contribution in [-0.4, -0.2) is 13.7 Å². The third-order valence-corrected chi connectivity index (χ3v) is 3.84. The highest BCUT2D eigenvalue weighted by atomic mass is 32.1. The Kier molecular flexibility index (Phi) is 5.25. The van der Waals surface area contributed by atoms with Crippen LogP contribution in [0.15, 0.2) is 6.07 Å². The van der Waals surface area contributed by atoms with Crippen molar-refractivity contribution in [1.29, 1.82) is 0 Å². The summed E-state index contributed by atoms with van der Waals surface area (Å²) >= 11 is 1.82. The van der Waals surface area contributed by atoms with Crippen molar-refractivity contribution >= 4 is 11.3 Å². The summed E-state index contributed by atoms with van der Waals surface area (Å²) in [6.07, 6.45) is 2.05. The number of nitrogens with two attached hydrogens (primary N) is 1. The van der Waals surface area contributed by atoms with Gasteiger partial charge in [-0.1, -0.05) is 0 Å². The van der Waals surface area contributed by atoms with Crippen molar-refractivity contribution in [1.82, 2.24) is 5.43 Å². The quantitative estimate of drug-likeness (QED) is 0.446. The lowest BCUT2D eigenvalue weighted by Gasteiger charge is -2.13. The fourth-order valence-electron chi connectivity index (χ4n) is 1.51. The molecule has 3 N–H and O–H groups in total. The third kappa shape index (κ3) is 3.57. The van der Waals surface area contributed by atoms with Gasteiger partial charge in [-0.05, 0) is 38.3 Å². The highest BCUT2D eigenvalue weighted by molar-refractivity contribution is 7.12. The summed E-state index contributed by atoms with van der Waals surface area (Å²) in [5.41, 5.74) is 4.22. The van der Waals surface area contributed by atoms with Gasteiger partial charge in [0.2, 0.25) is 0 Å². The lowest BCUT2D eigenvalue weighted by molar-refractivity contribution is 0.189. The Hall–Kier alpha value is -0.420. The molecule has 1 unspecified atom stereocenters. The fourth-order valence-corrected chi connectivity index (χ4v) is 2.65. The van der Waals surface area contributed by atoms with Crippen molar-refractivity contribution in [2.24, 2.45) is 5.84 Å². The van der Waals surface area contributed by atoms with Crippen molar-refractivity contribution in [3.63, 3.8) is 0 Å². The molecule has 0 aromatic carbocycles. The minimum atomic E-state index is 0.262. The van der Waals surface area contributed by atoms with Crippen molar-refractivity contribution in [3.05, 3.63) is 21.4 Å². The molecule has 86 valence electrons. The lowest BCUT2D eigenvalue weighted by Crippen LogP contribution is -2.27. The van der Waals surface area contributed by atoms with Gasteiger partial charge in [-0.3, -0.25) is 11.3 Å². The molecule has 0 saturated carbocycles. The first-order chi connectivity index (χ1) is 7.19. The van der Waals surface area contributed by atoms with E-state index in [0.717, 1.165) is 19.4 Å². The fraction of sp³-hybridized carbons (Fsp3) is 0.636. The Labute approximate surface area is 95.6 Å². The molecule has 0 radical (unpaired) electrons. The summed E-state index contributed by atoms with van der Waals surface area (Å²) in [5, 5.41) is 0. The van der Waals surface area contributed by atoms with E-state index >= 15 is 0 Å². The number of methoxy groups -OCH3 is 1. The van der Waals surface area contributed by atoms with Crippen LogP contribution in [0.3, 0.4) is 0 Å². The van der Waals surface area contributed by atoms with Crippen LogP contribution in [0, 0.1) is 13.8 Å². The molecule has 1 aromatic rings. The van der Waals surface area contributed by atoms with Crippen LogP contribution >= 0.6 is 11.3 Å². The second-order valence-corrected chi connectivity index (χ2v) is 5.03. The highest BCUT2D eigenvalue weighted by Gasteiger charge is 2.12. The number of hydrogen-bond acceptors (Lipinski definition) is 4. The van der Waals surface area contributed by atoms with Crippen LogP contribution in [0.5, 0.6) is 0 Å². The Morgan fingerprint density at radius 2 is 2.27 bits per heavy atom. The second kappa shape index (κ2) is 6.23. The van der Waals surface area contributed by atoms with E-state index in [9.17, 15) is 0 Å². The topological polar surface area (TPSA) is 47.3 Å². The van der Waals surface area contributed by atoms with E-state index in [4.69, 9.17) is 10.6 Å². The molecule has 0 aliphatic heterocycles. The van der Waals surface area contributed by atoms with Crippen LogP contribution in [-0.2, 0) is 4.74 Å². The van der Waals surface area contributed by atoms with Crippen LogP contribution < -0.4 is 11.3 Å². The molecule has 0 spiro atoms. The van der Waals surface area contributed by atoms with Crippen molar-refractivity contribution < 1.29 is 4.74 Å². The average molecular weight is 228 g/mol. The van der Waals surface area contributed by atoms with Gasteiger partial charge in [0.25, 0.3) is 0 Å². The minimum Gasteiger partial charge on any atom is -0.385 e. The van der Waals surface area contributed by atoms with Gasteiger partial charge in [-0.25, -0.2) is 0 Å². The van der Waals surface area contributed by atoms with Gasteiger partial charge in [-0.2, -0.15) is 0 Å². The number of nitrogens with one attached hydrogen (secondary N) is 1. The molecule has 0 saturated heterocycles. The third-order valence-electron chi connectivity index (χ3n) is 2.57. The minimum absolute atomic E-state index is 0.262. The maximum Gasteiger partial charge on any atom is 0.0554 e. The first-order valence-corrected chi connectivity index (χ1v) is 6.02. The number of ether oxygens (including phenoxy) is 1. The second-order valence-electron chi connectivity index (χ2n) is 3.74. The van der Waals surface area contributed by atoms with Gasteiger partial charge in [0.15, 0.2) is 0 Å². The van der Waals surface area contributed by atoms with Gasteiger partial charge >= 0.3 is 0 Å². The Bertz CT molecular complexity index is 279. The number of rotatable bonds is 6. The van der Waals surface area contributed by atoms with Gasteiger partial charge in [-0.15, -0.1) is 11.3 Å². The summed E-state index contributed by atoms with van der Waals surface area (Å²) < 4.78 is 5.04. The maximum absolute atomic E-state index is 5.56. The predicted octanol–water partition coefficient (Wildman–Crippen LogP) is 2.30. The van der Waals surface area contributed by atoms with Crippen LogP contribution in [0.2, 0.25) is 0 Å². The van der Waals surface area contributed by atoms with Gasteiger partial charge < -0.3 is 4.74 Å². The molecule has 0 aliphatic rings. The summed E-state index contributed by atoms with van der Waals surface area (Å²) in [6.45, 7) is 5.08. The molecule has 4 heteroatoms. The molecule has 1 atom stereocenters. The zero-order chi connectivity index (χ0) is 11.3. The molecule has 1 aromatic heterocycles. The smallest absolute Gasteiger partial charge is 0.0554 e. The molecule has 0 aliphatic carbocycles. The zero-order valence-corrected chi connectivity index (χ0v) is 10.5. The molecule has 1 heterocycles.